The van der Waals surface area contributed by atoms with Gasteiger partial charge in [-0.3, -0.25) is 0 Å². The van der Waals surface area contributed by atoms with E-state index in [4.69, 9.17) is 17.3 Å². The van der Waals surface area contributed by atoms with Crippen molar-refractivity contribution in [1.82, 2.24) is 4.31 Å². The fraction of sp³-hybridized carbons (Fsp3) is 0.571. The maximum Gasteiger partial charge on any atom is 0.244 e. The van der Waals surface area contributed by atoms with Gasteiger partial charge in [-0.25, -0.2) is 12.8 Å². The fourth-order valence-electron chi connectivity index (χ4n) is 2.04. The average molecular weight is 337 g/mol. The van der Waals surface area contributed by atoms with Crippen molar-refractivity contribution in [2.24, 2.45) is 0 Å². The molecule has 0 spiro atoms. The van der Waals surface area contributed by atoms with Crippen molar-refractivity contribution in [3.63, 3.8) is 0 Å². The Hall–Kier alpha value is -0.850. The van der Waals surface area contributed by atoms with Crippen molar-refractivity contribution >= 4 is 27.3 Å². The molecular formula is C14H22ClFN2O2S. The number of hydrogen-bond acceptors (Lipinski definition) is 3. The maximum absolute atomic E-state index is 13.3. The summed E-state index contributed by atoms with van der Waals surface area (Å²) < 4.78 is 40.1. The maximum atomic E-state index is 13.3. The summed E-state index contributed by atoms with van der Waals surface area (Å²) in [6.45, 7) is 6.04. The molecule has 0 saturated heterocycles. The van der Waals surface area contributed by atoms with E-state index in [1.165, 1.54) is 4.31 Å². The first kappa shape index (κ1) is 18.2. The summed E-state index contributed by atoms with van der Waals surface area (Å²) in [6.07, 6.45) is 2.70. The Morgan fingerprint density at radius 1 is 1.33 bits per heavy atom. The van der Waals surface area contributed by atoms with E-state index in [1.54, 1.807) is 13.8 Å². The van der Waals surface area contributed by atoms with Crippen LogP contribution >= 0.6 is 11.6 Å². The molecule has 0 aliphatic carbocycles. The molecule has 21 heavy (non-hydrogen) atoms. The van der Waals surface area contributed by atoms with E-state index in [1.807, 2.05) is 6.92 Å². The van der Waals surface area contributed by atoms with E-state index in [0.717, 1.165) is 31.4 Å². The molecule has 1 aromatic carbocycles. The lowest BCUT2D eigenvalue weighted by molar-refractivity contribution is 0.345. The molecule has 0 atom stereocenters. The highest BCUT2D eigenvalue weighted by atomic mass is 35.5. The standard InChI is InChI=1S/C14H22ClFN2O2S/c1-4-5-6-7-18(10(2)3)21(19,20)14-9-13(17)12(16)8-11(14)15/h8-10H,4-7,17H2,1-3H3. The second-order valence-electron chi connectivity index (χ2n) is 5.22. The number of anilines is 1. The molecule has 0 unspecified atom stereocenters. The summed E-state index contributed by atoms with van der Waals surface area (Å²) >= 11 is 5.89. The SMILES string of the molecule is CCCCCN(C(C)C)S(=O)(=O)c1cc(N)c(F)cc1Cl. The number of nitrogens with two attached hydrogens (primary N) is 1. The van der Waals surface area contributed by atoms with Gasteiger partial charge < -0.3 is 5.73 Å². The molecule has 0 amide bonds. The number of rotatable bonds is 7. The normalized spacial score (nSPS) is 12.3. The molecule has 120 valence electrons. The minimum atomic E-state index is -3.80. The second-order valence-corrected chi connectivity index (χ2v) is 7.49. The first-order chi connectivity index (χ1) is 9.71. The third kappa shape index (κ3) is 4.31. The van der Waals surface area contributed by atoms with Gasteiger partial charge in [0.05, 0.1) is 10.7 Å². The minimum Gasteiger partial charge on any atom is -0.396 e. The summed E-state index contributed by atoms with van der Waals surface area (Å²) in [7, 11) is -3.80. The minimum absolute atomic E-state index is 0.145. The van der Waals surface area contributed by atoms with Crippen LogP contribution < -0.4 is 5.73 Å². The van der Waals surface area contributed by atoms with Gasteiger partial charge >= 0.3 is 0 Å². The van der Waals surface area contributed by atoms with Crippen molar-refractivity contribution in [3.05, 3.63) is 23.0 Å². The van der Waals surface area contributed by atoms with Crippen LogP contribution in [-0.4, -0.2) is 25.3 Å². The molecule has 0 aliphatic rings. The lowest BCUT2D eigenvalue weighted by Crippen LogP contribution is -2.37. The lowest BCUT2D eigenvalue weighted by Gasteiger charge is -2.26. The predicted octanol–water partition coefficient (Wildman–Crippen LogP) is 3.65. The van der Waals surface area contributed by atoms with Gasteiger partial charge in [0.1, 0.15) is 10.7 Å². The van der Waals surface area contributed by atoms with E-state index in [9.17, 15) is 12.8 Å². The van der Waals surface area contributed by atoms with E-state index in [-0.39, 0.29) is 21.6 Å². The van der Waals surface area contributed by atoms with Gasteiger partial charge in [-0.05, 0) is 32.4 Å². The molecule has 0 heterocycles. The van der Waals surface area contributed by atoms with Crippen molar-refractivity contribution in [3.8, 4) is 0 Å². The molecule has 1 rings (SSSR count). The predicted molar refractivity (Wildman–Crippen MR) is 84.4 cm³/mol. The van der Waals surface area contributed by atoms with Crippen LogP contribution in [0.1, 0.15) is 40.0 Å². The zero-order valence-electron chi connectivity index (χ0n) is 12.6. The van der Waals surface area contributed by atoms with Gasteiger partial charge in [-0.1, -0.05) is 31.4 Å². The Kier molecular flexibility index (Phi) is 6.43. The number of nitrogens with zero attached hydrogens (tertiary/aromatic N) is 1. The van der Waals surface area contributed by atoms with Crippen LogP contribution in [0.3, 0.4) is 0 Å². The van der Waals surface area contributed by atoms with E-state index >= 15 is 0 Å². The van der Waals surface area contributed by atoms with Crippen molar-refractivity contribution < 1.29 is 12.8 Å². The van der Waals surface area contributed by atoms with E-state index in [2.05, 4.69) is 0 Å². The van der Waals surface area contributed by atoms with Crippen LogP contribution in [0, 0.1) is 5.82 Å². The second kappa shape index (κ2) is 7.42. The van der Waals surface area contributed by atoms with Gasteiger partial charge in [-0.2, -0.15) is 4.31 Å². The van der Waals surface area contributed by atoms with Gasteiger partial charge in [-0.15, -0.1) is 0 Å². The monoisotopic (exact) mass is 336 g/mol. The first-order valence-corrected chi connectivity index (χ1v) is 8.80. The molecule has 0 saturated carbocycles. The fourth-order valence-corrected chi connectivity index (χ4v) is 4.24. The lowest BCUT2D eigenvalue weighted by atomic mass is 10.2. The highest BCUT2D eigenvalue weighted by molar-refractivity contribution is 7.89. The van der Waals surface area contributed by atoms with Crippen molar-refractivity contribution in [2.45, 2.75) is 51.0 Å². The number of benzene rings is 1. The average Bonchev–Trinajstić information content (AvgIpc) is 2.38. The summed E-state index contributed by atoms with van der Waals surface area (Å²) in [5.41, 5.74) is 5.24. The van der Waals surface area contributed by atoms with Gasteiger partial charge in [0.25, 0.3) is 0 Å². The molecule has 1 aromatic rings. The summed E-state index contributed by atoms with van der Waals surface area (Å²) in [4.78, 5) is -0.145. The van der Waals surface area contributed by atoms with Crippen LogP contribution in [0.5, 0.6) is 0 Å². The van der Waals surface area contributed by atoms with Gasteiger partial charge in [0.15, 0.2) is 0 Å². The van der Waals surface area contributed by atoms with Crippen LogP contribution in [0.15, 0.2) is 17.0 Å². The van der Waals surface area contributed by atoms with E-state index < -0.39 is 15.8 Å². The molecule has 7 heteroatoms. The Balaban J connectivity index is 3.20. The van der Waals surface area contributed by atoms with E-state index in [0.29, 0.717) is 6.54 Å². The van der Waals surface area contributed by atoms with Crippen LogP contribution in [0.25, 0.3) is 0 Å². The number of unbranched alkanes of at least 4 members (excludes halogenated alkanes) is 2. The van der Waals surface area contributed by atoms with Crippen molar-refractivity contribution in [1.29, 1.82) is 0 Å². The molecule has 0 aromatic heterocycles. The third-order valence-corrected chi connectivity index (χ3v) is 5.74. The smallest absolute Gasteiger partial charge is 0.244 e. The highest BCUT2D eigenvalue weighted by Crippen LogP contribution is 2.29. The Labute approximate surface area is 131 Å². The largest absolute Gasteiger partial charge is 0.396 e. The highest BCUT2D eigenvalue weighted by Gasteiger charge is 2.29. The number of sulfonamides is 1. The van der Waals surface area contributed by atoms with Crippen LogP contribution in [0.4, 0.5) is 10.1 Å². The zero-order chi connectivity index (χ0) is 16.2. The van der Waals surface area contributed by atoms with Gasteiger partial charge in [0.2, 0.25) is 10.0 Å². The quantitative estimate of drug-likeness (QED) is 0.610. The molecule has 0 fully saturated rings. The number of halogens is 2. The zero-order valence-corrected chi connectivity index (χ0v) is 14.1. The Morgan fingerprint density at radius 2 is 1.95 bits per heavy atom. The number of nitrogen functional groups attached to an aromatic ring is 1. The summed E-state index contributed by atoms with van der Waals surface area (Å²) in [5.74, 6) is -0.721. The topological polar surface area (TPSA) is 63.4 Å². The van der Waals surface area contributed by atoms with Gasteiger partial charge in [0, 0.05) is 12.6 Å². The molecule has 0 bridgehead atoms. The number of hydrogen-bond donors (Lipinski definition) is 1. The van der Waals surface area contributed by atoms with Crippen LogP contribution in [0.2, 0.25) is 5.02 Å². The summed E-state index contributed by atoms with van der Waals surface area (Å²) in [6, 6.07) is 1.81. The third-order valence-electron chi connectivity index (χ3n) is 3.20. The molecule has 2 N–H and O–H groups in total. The molecule has 0 radical (unpaired) electrons. The molecule has 4 nitrogen and oxygen atoms in total. The molecule has 0 aliphatic heterocycles. The summed E-state index contributed by atoms with van der Waals surface area (Å²) in [5, 5.41) is -0.150. The van der Waals surface area contributed by atoms with Crippen LogP contribution in [-0.2, 0) is 10.0 Å². The molecular weight excluding hydrogens is 315 g/mol. The van der Waals surface area contributed by atoms with Crippen molar-refractivity contribution in [2.75, 3.05) is 12.3 Å². The Bertz CT molecular complexity index is 591. The Morgan fingerprint density at radius 3 is 2.48 bits per heavy atom. The first-order valence-electron chi connectivity index (χ1n) is 6.98.